The summed E-state index contributed by atoms with van der Waals surface area (Å²) in [6.07, 6.45) is 0. The van der Waals surface area contributed by atoms with Gasteiger partial charge in [-0.05, 0) is 17.5 Å². The van der Waals surface area contributed by atoms with Crippen LogP contribution in [0.3, 0.4) is 0 Å². The number of para-hydroxylation sites is 1. The minimum absolute atomic E-state index is 0.119. The number of aromatic nitrogens is 3. The molecule has 0 amide bonds. The van der Waals surface area contributed by atoms with Crippen molar-refractivity contribution in [3.8, 4) is 23.0 Å². The fraction of sp³-hybridized carbons (Fsp3) is 0.350. The highest BCUT2D eigenvalue weighted by Crippen LogP contribution is 2.49. The molecule has 0 saturated carbocycles. The van der Waals surface area contributed by atoms with Crippen LogP contribution in [0.25, 0.3) is 22.6 Å². The molecule has 0 fully saturated rings. The van der Waals surface area contributed by atoms with Crippen molar-refractivity contribution < 1.29 is 28.5 Å². The molecule has 2 aromatic heterocycles. The van der Waals surface area contributed by atoms with Crippen molar-refractivity contribution in [3.05, 3.63) is 39.7 Å². The van der Waals surface area contributed by atoms with Crippen LogP contribution in [-0.2, 0) is 6.54 Å². The SMILES string of the molecule is CC(C)(C)[C@H]1Cn2c(nc3c(OC(F)F)cccc32)-c2[nH]c(=O)c(C(=O)O)c(O)c21. The molecule has 3 N–H and O–H groups in total. The number of carbonyl (C=O) groups is 1. The summed E-state index contributed by atoms with van der Waals surface area (Å²) in [6.45, 7) is 3.01. The lowest BCUT2D eigenvalue weighted by Crippen LogP contribution is -2.31. The van der Waals surface area contributed by atoms with Crippen LogP contribution in [0, 0.1) is 5.41 Å². The highest BCUT2D eigenvalue weighted by Gasteiger charge is 2.39. The smallest absolute Gasteiger partial charge is 0.387 e. The number of aromatic amines is 1. The second kappa shape index (κ2) is 6.54. The van der Waals surface area contributed by atoms with Gasteiger partial charge in [0.15, 0.2) is 17.1 Å². The van der Waals surface area contributed by atoms with Crippen LogP contribution in [0.5, 0.6) is 11.5 Å². The minimum Gasteiger partial charge on any atom is -0.506 e. The van der Waals surface area contributed by atoms with E-state index in [-0.39, 0.29) is 28.3 Å². The maximum Gasteiger partial charge on any atom is 0.387 e. The molecule has 0 saturated heterocycles. The van der Waals surface area contributed by atoms with Crippen molar-refractivity contribution in [1.82, 2.24) is 14.5 Å². The van der Waals surface area contributed by atoms with Gasteiger partial charge in [0.25, 0.3) is 5.56 Å². The largest absolute Gasteiger partial charge is 0.506 e. The molecule has 3 aromatic rings. The summed E-state index contributed by atoms with van der Waals surface area (Å²) in [4.78, 5) is 30.8. The van der Waals surface area contributed by atoms with E-state index >= 15 is 0 Å². The molecule has 1 aliphatic heterocycles. The Hall–Kier alpha value is -3.43. The molecule has 0 bridgehead atoms. The molecule has 1 aliphatic rings. The quantitative estimate of drug-likeness (QED) is 0.598. The molecule has 158 valence electrons. The standard InChI is InChI=1S/C20H19F2N3O5/c1-20(2,3)8-7-25-9-5-4-6-10(30-19(21)22)13(9)23-16(25)14-11(8)15(26)12(18(28)29)17(27)24-14/h4-6,8,19H,7H2,1-3H3,(H,28,29)(H2,24,26,27)/t8-/m0/s1. The number of hydrogen-bond acceptors (Lipinski definition) is 5. The topological polar surface area (TPSA) is 117 Å². The molecule has 4 rings (SSSR count). The first-order valence-corrected chi connectivity index (χ1v) is 9.17. The van der Waals surface area contributed by atoms with E-state index < -0.39 is 40.8 Å². The van der Waals surface area contributed by atoms with Gasteiger partial charge in [-0.15, -0.1) is 0 Å². The number of imidazole rings is 1. The van der Waals surface area contributed by atoms with E-state index in [4.69, 9.17) is 0 Å². The Morgan fingerprint density at radius 1 is 1.37 bits per heavy atom. The first kappa shape index (κ1) is 19.9. The Kier molecular flexibility index (Phi) is 4.33. The average Bonchev–Trinajstić information content (AvgIpc) is 2.99. The lowest BCUT2D eigenvalue weighted by Gasteiger charge is -2.36. The maximum absolute atomic E-state index is 12.8. The van der Waals surface area contributed by atoms with E-state index in [1.807, 2.05) is 20.8 Å². The number of fused-ring (bicyclic) bond motifs is 5. The van der Waals surface area contributed by atoms with Crippen molar-refractivity contribution in [3.63, 3.8) is 0 Å². The average molecular weight is 419 g/mol. The van der Waals surface area contributed by atoms with Gasteiger partial charge in [0.1, 0.15) is 11.3 Å². The first-order chi connectivity index (χ1) is 14.0. The van der Waals surface area contributed by atoms with Crippen LogP contribution in [0.2, 0.25) is 0 Å². The fourth-order valence-corrected chi connectivity index (χ4v) is 3.99. The third-order valence-electron chi connectivity index (χ3n) is 5.38. The van der Waals surface area contributed by atoms with E-state index in [1.54, 1.807) is 16.7 Å². The Morgan fingerprint density at radius 2 is 2.07 bits per heavy atom. The molecule has 0 radical (unpaired) electrons. The van der Waals surface area contributed by atoms with Crippen molar-refractivity contribution >= 4 is 17.0 Å². The first-order valence-electron chi connectivity index (χ1n) is 9.17. The third kappa shape index (κ3) is 2.90. The van der Waals surface area contributed by atoms with E-state index in [9.17, 15) is 28.6 Å². The zero-order valence-electron chi connectivity index (χ0n) is 16.4. The van der Waals surface area contributed by atoms with Crippen molar-refractivity contribution in [1.29, 1.82) is 0 Å². The van der Waals surface area contributed by atoms with Gasteiger partial charge in [0.05, 0.1) is 11.2 Å². The lowest BCUT2D eigenvalue weighted by atomic mass is 9.73. The molecule has 3 heterocycles. The second-order valence-corrected chi connectivity index (χ2v) is 8.24. The summed E-state index contributed by atoms with van der Waals surface area (Å²) in [7, 11) is 0. The van der Waals surface area contributed by atoms with E-state index in [2.05, 4.69) is 14.7 Å². The molecule has 1 atom stereocenters. The third-order valence-corrected chi connectivity index (χ3v) is 5.38. The number of nitrogens with zero attached hydrogens (tertiary/aromatic N) is 2. The van der Waals surface area contributed by atoms with Crippen molar-refractivity contribution in [2.24, 2.45) is 5.41 Å². The normalized spacial score (nSPS) is 15.9. The van der Waals surface area contributed by atoms with E-state index in [1.165, 1.54) is 6.07 Å². The summed E-state index contributed by atoms with van der Waals surface area (Å²) < 4.78 is 32.0. The predicted molar refractivity (Wildman–Crippen MR) is 103 cm³/mol. The zero-order chi connectivity index (χ0) is 22.0. The number of rotatable bonds is 3. The maximum atomic E-state index is 12.8. The van der Waals surface area contributed by atoms with E-state index in [0.717, 1.165) is 0 Å². The number of aromatic hydroxyl groups is 1. The Balaban J connectivity index is 2.08. The van der Waals surface area contributed by atoms with E-state index in [0.29, 0.717) is 12.1 Å². The summed E-state index contributed by atoms with van der Waals surface area (Å²) in [5.41, 5.74) is -1.04. The molecule has 10 heteroatoms. The molecule has 1 aromatic carbocycles. The lowest BCUT2D eigenvalue weighted by molar-refractivity contribution is -0.0489. The minimum atomic E-state index is -3.04. The number of pyridine rings is 1. The van der Waals surface area contributed by atoms with Gasteiger partial charge in [-0.1, -0.05) is 26.8 Å². The number of nitrogens with one attached hydrogen (secondary N) is 1. The monoisotopic (exact) mass is 419 g/mol. The fourth-order valence-electron chi connectivity index (χ4n) is 3.99. The predicted octanol–water partition coefficient (Wildman–Crippen LogP) is 3.54. The van der Waals surface area contributed by atoms with Crippen LogP contribution < -0.4 is 10.3 Å². The zero-order valence-corrected chi connectivity index (χ0v) is 16.4. The van der Waals surface area contributed by atoms with Crippen LogP contribution in [0.1, 0.15) is 42.6 Å². The van der Waals surface area contributed by atoms with Crippen LogP contribution in [0.4, 0.5) is 8.78 Å². The number of hydrogen-bond donors (Lipinski definition) is 3. The van der Waals surface area contributed by atoms with Gasteiger partial charge in [-0.25, -0.2) is 9.78 Å². The number of aromatic carboxylic acids is 1. The Bertz CT molecular complexity index is 1240. The second-order valence-electron chi connectivity index (χ2n) is 8.24. The molecule has 0 unspecified atom stereocenters. The molecule has 0 spiro atoms. The summed E-state index contributed by atoms with van der Waals surface area (Å²) in [5, 5.41) is 20.1. The van der Waals surface area contributed by atoms with Gasteiger partial charge in [0.2, 0.25) is 0 Å². The number of carboxylic acids is 1. The highest BCUT2D eigenvalue weighted by atomic mass is 19.3. The number of alkyl halides is 2. The highest BCUT2D eigenvalue weighted by molar-refractivity contribution is 5.93. The Labute approximate surface area is 168 Å². The number of halogens is 2. The number of benzene rings is 1. The summed E-state index contributed by atoms with van der Waals surface area (Å²) >= 11 is 0. The number of ether oxygens (including phenoxy) is 1. The summed E-state index contributed by atoms with van der Waals surface area (Å²) in [6, 6.07) is 4.62. The van der Waals surface area contributed by atoms with Gasteiger partial charge in [-0.3, -0.25) is 4.79 Å². The van der Waals surface area contributed by atoms with Crippen molar-refractivity contribution in [2.75, 3.05) is 0 Å². The van der Waals surface area contributed by atoms with Crippen LogP contribution >= 0.6 is 0 Å². The summed E-state index contributed by atoms with van der Waals surface area (Å²) in [5.74, 6) is -2.44. The number of H-pyrrole nitrogens is 1. The van der Waals surface area contributed by atoms with Gasteiger partial charge in [0, 0.05) is 18.0 Å². The van der Waals surface area contributed by atoms with Gasteiger partial charge < -0.3 is 24.5 Å². The Morgan fingerprint density at radius 3 is 2.67 bits per heavy atom. The number of carboxylic acid groups (broad SMARTS) is 1. The van der Waals surface area contributed by atoms with Gasteiger partial charge >= 0.3 is 12.6 Å². The van der Waals surface area contributed by atoms with Crippen molar-refractivity contribution in [2.45, 2.75) is 39.8 Å². The van der Waals surface area contributed by atoms with Crippen LogP contribution in [0.15, 0.2) is 23.0 Å². The molecule has 30 heavy (non-hydrogen) atoms. The molecular formula is C20H19F2N3O5. The van der Waals surface area contributed by atoms with Crippen LogP contribution in [-0.4, -0.2) is 37.3 Å². The molecular weight excluding hydrogens is 400 g/mol. The molecule has 8 nitrogen and oxygen atoms in total. The molecule has 0 aliphatic carbocycles. The van der Waals surface area contributed by atoms with Gasteiger partial charge in [-0.2, -0.15) is 8.78 Å².